The molecule has 1 atom stereocenters. The first kappa shape index (κ1) is 13.3. The molecular weight excluding hydrogens is 291 g/mol. The van der Waals surface area contributed by atoms with Crippen LogP contribution in [0.2, 0.25) is 8.67 Å². The minimum atomic E-state index is -0.229. The molecule has 2 rings (SSSR count). The summed E-state index contributed by atoms with van der Waals surface area (Å²) >= 11 is 12.9. The Balaban J connectivity index is 2.10. The molecule has 0 aliphatic rings. The van der Waals surface area contributed by atoms with Crippen molar-refractivity contribution in [3.8, 4) is 0 Å². The molecule has 1 N–H and O–H groups in total. The molecule has 0 saturated carbocycles. The maximum absolute atomic E-state index is 12.0. The van der Waals surface area contributed by atoms with Crippen LogP contribution in [0.25, 0.3) is 0 Å². The lowest BCUT2D eigenvalue weighted by atomic mass is 10.1. The molecule has 6 heteroatoms. The topological polar surface area (TPSA) is 42.0 Å². The fourth-order valence-electron chi connectivity index (χ4n) is 1.50. The Morgan fingerprint density at radius 2 is 2.06 bits per heavy atom. The van der Waals surface area contributed by atoms with Crippen molar-refractivity contribution in [1.82, 2.24) is 10.3 Å². The smallest absolute Gasteiger partial charge is 0.254 e. The number of carbonyl (C=O) groups excluding carboxylic acids is 1. The van der Waals surface area contributed by atoms with E-state index in [-0.39, 0.29) is 11.9 Å². The molecular formula is C12H10Cl2N2OS. The zero-order chi connectivity index (χ0) is 13.1. The van der Waals surface area contributed by atoms with Crippen LogP contribution < -0.4 is 5.32 Å². The van der Waals surface area contributed by atoms with Crippen LogP contribution in [-0.4, -0.2) is 10.9 Å². The van der Waals surface area contributed by atoms with Gasteiger partial charge < -0.3 is 5.32 Å². The molecule has 0 bridgehead atoms. The minimum Gasteiger partial charge on any atom is -0.345 e. The summed E-state index contributed by atoms with van der Waals surface area (Å²) in [6.07, 6.45) is 3.37. The molecule has 0 spiro atoms. The SMILES string of the molecule is CC(NC(=O)c1cc(Cl)sc1Cl)c1ccncc1. The first-order valence-corrected chi connectivity index (χ1v) is 6.81. The van der Waals surface area contributed by atoms with E-state index in [0.717, 1.165) is 5.56 Å². The van der Waals surface area contributed by atoms with Gasteiger partial charge in [0, 0.05) is 12.4 Å². The second-order valence-corrected chi connectivity index (χ2v) is 6.00. The Morgan fingerprint density at radius 1 is 1.39 bits per heavy atom. The van der Waals surface area contributed by atoms with Crippen LogP contribution in [0.4, 0.5) is 0 Å². The van der Waals surface area contributed by atoms with Gasteiger partial charge in [0.15, 0.2) is 0 Å². The predicted molar refractivity (Wildman–Crippen MR) is 74.5 cm³/mol. The average molecular weight is 301 g/mol. The quantitative estimate of drug-likeness (QED) is 0.933. The number of hydrogen-bond donors (Lipinski definition) is 1. The zero-order valence-corrected chi connectivity index (χ0v) is 11.8. The van der Waals surface area contributed by atoms with Crippen molar-refractivity contribution in [2.75, 3.05) is 0 Å². The molecule has 0 fully saturated rings. The lowest BCUT2D eigenvalue weighted by Crippen LogP contribution is -2.26. The summed E-state index contributed by atoms with van der Waals surface area (Å²) in [7, 11) is 0. The molecule has 94 valence electrons. The summed E-state index contributed by atoms with van der Waals surface area (Å²) in [6, 6.07) is 5.17. The van der Waals surface area contributed by atoms with Crippen LogP contribution in [0.15, 0.2) is 30.6 Å². The Morgan fingerprint density at radius 3 is 2.61 bits per heavy atom. The Bertz CT molecular complexity index is 556. The minimum absolute atomic E-state index is 0.116. The van der Waals surface area contributed by atoms with Crippen LogP contribution in [-0.2, 0) is 0 Å². The van der Waals surface area contributed by atoms with Gasteiger partial charge in [-0.05, 0) is 30.7 Å². The first-order valence-electron chi connectivity index (χ1n) is 5.23. The van der Waals surface area contributed by atoms with Crippen molar-refractivity contribution in [3.05, 3.63) is 50.4 Å². The molecule has 0 aliphatic heterocycles. The summed E-state index contributed by atoms with van der Waals surface area (Å²) < 4.78 is 0.904. The maximum atomic E-state index is 12.0. The molecule has 1 unspecified atom stereocenters. The zero-order valence-electron chi connectivity index (χ0n) is 9.48. The molecule has 18 heavy (non-hydrogen) atoms. The van der Waals surface area contributed by atoms with Gasteiger partial charge in [0.05, 0.1) is 15.9 Å². The Kier molecular flexibility index (Phi) is 4.22. The van der Waals surface area contributed by atoms with E-state index in [1.54, 1.807) is 18.5 Å². The first-order chi connectivity index (χ1) is 8.58. The van der Waals surface area contributed by atoms with E-state index in [1.807, 2.05) is 19.1 Å². The van der Waals surface area contributed by atoms with Crippen molar-refractivity contribution in [3.63, 3.8) is 0 Å². The van der Waals surface area contributed by atoms with Crippen LogP contribution in [0.3, 0.4) is 0 Å². The number of halogens is 2. The second-order valence-electron chi connectivity index (χ2n) is 3.71. The van der Waals surface area contributed by atoms with Crippen LogP contribution in [0.5, 0.6) is 0 Å². The number of rotatable bonds is 3. The van der Waals surface area contributed by atoms with Gasteiger partial charge in [-0.25, -0.2) is 0 Å². The molecule has 3 nitrogen and oxygen atoms in total. The standard InChI is InChI=1S/C12H10Cl2N2OS/c1-7(8-2-4-15-5-3-8)16-12(17)9-6-10(13)18-11(9)14/h2-7H,1H3,(H,16,17). The van der Waals surface area contributed by atoms with E-state index in [0.29, 0.717) is 14.2 Å². The number of pyridine rings is 1. The number of hydrogen-bond acceptors (Lipinski definition) is 3. The average Bonchev–Trinajstić information content (AvgIpc) is 2.69. The summed E-state index contributed by atoms with van der Waals surface area (Å²) in [5.74, 6) is -0.229. The summed E-state index contributed by atoms with van der Waals surface area (Å²) in [4.78, 5) is 15.9. The Hall–Kier alpha value is -1.10. The van der Waals surface area contributed by atoms with E-state index >= 15 is 0 Å². The molecule has 2 aromatic heterocycles. The van der Waals surface area contributed by atoms with Crippen molar-refractivity contribution in [1.29, 1.82) is 0 Å². The van der Waals surface area contributed by atoms with Crippen LogP contribution >= 0.6 is 34.5 Å². The number of nitrogens with zero attached hydrogens (tertiary/aromatic N) is 1. The summed E-state index contributed by atoms with van der Waals surface area (Å²) in [5, 5.41) is 2.86. The molecule has 0 aliphatic carbocycles. The fraction of sp³-hybridized carbons (Fsp3) is 0.167. The highest BCUT2D eigenvalue weighted by Gasteiger charge is 2.16. The normalized spacial score (nSPS) is 12.2. The van der Waals surface area contributed by atoms with Gasteiger partial charge in [-0.2, -0.15) is 0 Å². The highest BCUT2D eigenvalue weighted by atomic mass is 35.5. The van der Waals surface area contributed by atoms with E-state index in [4.69, 9.17) is 23.2 Å². The highest BCUT2D eigenvalue weighted by molar-refractivity contribution is 7.20. The van der Waals surface area contributed by atoms with Crippen molar-refractivity contribution >= 4 is 40.4 Å². The van der Waals surface area contributed by atoms with Crippen molar-refractivity contribution < 1.29 is 4.79 Å². The monoisotopic (exact) mass is 300 g/mol. The highest BCUT2D eigenvalue weighted by Crippen LogP contribution is 2.31. The number of aromatic nitrogens is 1. The fourth-order valence-corrected chi connectivity index (χ4v) is 2.96. The van der Waals surface area contributed by atoms with Gasteiger partial charge in [0.2, 0.25) is 0 Å². The largest absolute Gasteiger partial charge is 0.345 e. The number of amides is 1. The predicted octanol–water partition coefficient (Wildman–Crippen LogP) is 3.94. The molecule has 1 amide bonds. The lowest BCUT2D eigenvalue weighted by Gasteiger charge is -2.13. The van der Waals surface area contributed by atoms with Crippen LogP contribution in [0.1, 0.15) is 28.9 Å². The van der Waals surface area contributed by atoms with Gasteiger partial charge in [0.25, 0.3) is 5.91 Å². The van der Waals surface area contributed by atoms with E-state index in [1.165, 1.54) is 11.3 Å². The summed E-state index contributed by atoms with van der Waals surface area (Å²) in [5.41, 5.74) is 1.39. The second kappa shape index (κ2) is 5.69. The third kappa shape index (κ3) is 3.02. The Labute approximate surface area is 119 Å². The number of nitrogens with one attached hydrogen (secondary N) is 1. The molecule has 0 radical (unpaired) electrons. The molecule has 0 aromatic carbocycles. The van der Waals surface area contributed by atoms with Gasteiger partial charge in [-0.3, -0.25) is 9.78 Å². The van der Waals surface area contributed by atoms with Gasteiger partial charge in [-0.1, -0.05) is 23.2 Å². The van der Waals surface area contributed by atoms with E-state index in [9.17, 15) is 4.79 Å². The number of thiophene rings is 1. The van der Waals surface area contributed by atoms with E-state index in [2.05, 4.69) is 10.3 Å². The van der Waals surface area contributed by atoms with Gasteiger partial charge >= 0.3 is 0 Å². The van der Waals surface area contributed by atoms with E-state index < -0.39 is 0 Å². The van der Waals surface area contributed by atoms with Crippen molar-refractivity contribution in [2.24, 2.45) is 0 Å². The maximum Gasteiger partial charge on any atom is 0.254 e. The molecule has 2 heterocycles. The lowest BCUT2D eigenvalue weighted by molar-refractivity contribution is 0.0940. The summed E-state index contributed by atoms with van der Waals surface area (Å²) in [6.45, 7) is 1.90. The van der Waals surface area contributed by atoms with Crippen LogP contribution in [0, 0.1) is 0 Å². The van der Waals surface area contributed by atoms with Gasteiger partial charge in [-0.15, -0.1) is 11.3 Å². The third-order valence-corrected chi connectivity index (χ3v) is 3.94. The van der Waals surface area contributed by atoms with Gasteiger partial charge in [0.1, 0.15) is 4.34 Å². The molecule has 2 aromatic rings. The third-order valence-electron chi connectivity index (χ3n) is 2.46. The van der Waals surface area contributed by atoms with Crippen molar-refractivity contribution in [2.45, 2.75) is 13.0 Å². The molecule has 0 saturated heterocycles. The number of carbonyl (C=O) groups is 1.